The summed E-state index contributed by atoms with van der Waals surface area (Å²) < 4.78 is 35.0. The second kappa shape index (κ2) is 12.7. The molecule has 0 aromatic heterocycles. The van der Waals surface area contributed by atoms with E-state index in [-0.39, 0.29) is 24.0 Å². The van der Waals surface area contributed by atoms with Gasteiger partial charge in [-0.1, -0.05) is 43.4 Å². The van der Waals surface area contributed by atoms with Crippen molar-refractivity contribution in [2.24, 2.45) is 5.92 Å². The third-order valence-corrected chi connectivity index (χ3v) is 6.79. The Bertz CT molecular complexity index is 1260. The number of anilines is 1. The summed E-state index contributed by atoms with van der Waals surface area (Å²) in [5.41, 5.74) is 7.76. The van der Waals surface area contributed by atoms with E-state index in [4.69, 9.17) is 34.2 Å². The first-order chi connectivity index (χ1) is 19.1. The van der Waals surface area contributed by atoms with E-state index in [1.54, 1.807) is 55.5 Å². The Morgan fingerprint density at radius 2 is 1.85 bits per heavy atom. The Balaban J connectivity index is 1.73. The fourth-order valence-corrected chi connectivity index (χ4v) is 4.66. The number of carbonyl (C=O) groups excluding carboxylic acids is 2. The summed E-state index contributed by atoms with van der Waals surface area (Å²) in [5.74, 6) is -1.89. The number of hydrogen-bond acceptors (Lipinski definition) is 9. The van der Waals surface area contributed by atoms with Gasteiger partial charge in [0.1, 0.15) is 29.6 Å². The average Bonchev–Trinajstić information content (AvgIpc) is 3.22. The standard InChI is InChI=1S/C31H37NO8/c1-19-14-15-24(38-29(33)21-10-7-6-8-11-21)28-25(39-31(3,4)40-28)13-9-12-22-16-23(32)17-26(36-18-35-5)27(22)30(34)37-20(19)2/h6-12,14-17,19-20,24-25,28H,13,18,32H2,1-5H3/t19-,20+,24?,25+,28?/m1/s1. The van der Waals surface area contributed by atoms with Crippen LogP contribution in [0.3, 0.4) is 0 Å². The van der Waals surface area contributed by atoms with E-state index in [0.717, 1.165) is 0 Å². The lowest BCUT2D eigenvalue weighted by Crippen LogP contribution is -2.37. The zero-order valence-corrected chi connectivity index (χ0v) is 23.5. The number of nitrogen functional groups attached to an aromatic ring is 1. The first kappa shape index (κ1) is 29.3. The Hall–Kier alpha value is -3.66. The van der Waals surface area contributed by atoms with E-state index >= 15 is 0 Å². The topological polar surface area (TPSA) is 116 Å². The minimum absolute atomic E-state index is 0.0608. The van der Waals surface area contributed by atoms with E-state index in [9.17, 15) is 9.59 Å². The van der Waals surface area contributed by atoms with Gasteiger partial charge in [-0.05, 0) is 57.0 Å². The van der Waals surface area contributed by atoms with Crippen molar-refractivity contribution in [3.05, 3.63) is 77.4 Å². The van der Waals surface area contributed by atoms with Crippen molar-refractivity contribution >= 4 is 23.7 Å². The van der Waals surface area contributed by atoms with E-state index < -0.39 is 42.1 Å². The lowest BCUT2D eigenvalue weighted by atomic mass is 9.98. The molecule has 0 amide bonds. The van der Waals surface area contributed by atoms with Crippen LogP contribution in [0.1, 0.15) is 60.4 Å². The first-order valence-corrected chi connectivity index (χ1v) is 13.3. The second-order valence-corrected chi connectivity index (χ2v) is 10.4. The molecule has 0 spiro atoms. The smallest absolute Gasteiger partial charge is 0.342 e. The van der Waals surface area contributed by atoms with Gasteiger partial charge in [0.15, 0.2) is 12.6 Å². The summed E-state index contributed by atoms with van der Waals surface area (Å²) in [4.78, 5) is 26.4. The maximum absolute atomic E-state index is 13.4. The Labute approximate surface area is 234 Å². The molecule has 2 aromatic carbocycles. The lowest BCUT2D eigenvalue weighted by molar-refractivity contribution is -0.152. The molecule has 9 heteroatoms. The second-order valence-electron chi connectivity index (χ2n) is 10.4. The van der Waals surface area contributed by atoms with Gasteiger partial charge in [0.2, 0.25) is 0 Å². The van der Waals surface area contributed by atoms with E-state index in [1.807, 2.05) is 39.0 Å². The van der Waals surface area contributed by atoms with Crippen LogP contribution in [-0.4, -0.2) is 56.0 Å². The Morgan fingerprint density at radius 3 is 2.58 bits per heavy atom. The zero-order chi connectivity index (χ0) is 28.9. The van der Waals surface area contributed by atoms with Gasteiger partial charge in [0.05, 0.1) is 11.7 Å². The van der Waals surface area contributed by atoms with Gasteiger partial charge >= 0.3 is 11.9 Å². The summed E-state index contributed by atoms with van der Waals surface area (Å²) in [6.45, 7) is 7.30. The molecule has 1 saturated heterocycles. The van der Waals surface area contributed by atoms with Crippen LogP contribution in [0.2, 0.25) is 0 Å². The summed E-state index contributed by atoms with van der Waals surface area (Å²) in [7, 11) is 1.49. The third kappa shape index (κ3) is 7.10. The predicted octanol–water partition coefficient (Wildman–Crippen LogP) is 5.15. The summed E-state index contributed by atoms with van der Waals surface area (Å²) in [6, 6.07) is 12.0. The van der Waals surface area contributed by atoms with Crippen molar-refractivity contribution in [3.8, 4) is 5.75 Å². The predicted molar refractivity (Wildman–Crippen MR) is 150 cm³/mol. The molecular formula is C31H37NO8. The molecule has 1 fully saturated rings. The van der Waals surface area contributed by atoms with Crippen LogP contribution in [0.15, 0.2) is 60.7 Å². The minimum atomic E-state index is -0.899. The van der Waals surface area contributed by atoms with Crippen LogP contribution in [0.5, 0.6) is 5.75 Å². The molecule has 2 unspecified atom stereocenters. The van der Waals surface area contributed by atoms with Gasteiger partial charge in [0.25, 0.3) is 0 Å². The molecule has 40 heavy (non-hydrogen) atoms. The number of esters is 2. The maximum Gasteiger partial charge on any atom is 0.342 e. The van der Waals surface area contributed by atoms with Crippen LogP contribution in [-0.2, 0) is 23.7 Å². The molecule has 9 nitrogen and oxygen atoms in total. The molecule has 2 aliphatic heterocycles. The van der Waals surface area contributed by atoms with Crippen LogP contribution < -0.4 is 10.5 Å². The number of ether oxygens (including phenoxy) is 6. The molecule has 2 N–H and O–H groups in total. The van der Waals surface area contributed by atoms with Crippen LogP contribution in [0.4, 0.5) is 5.69 Å². The maximum atomic E-state index is 13.4. The molecule has 4 rings (SSSR count). The summed E-state index contributed by atoms with van der Waals surface area (Å²) in [5, 5.41) is 0. The molecule has 0 saturated carbocycles. The molecule has 5 atom stereocenters. The highest BCUT2D eigenvalue weighted by atomic mass is 16.8. The van der Waals surface area contributed by atoms with E-state index in [2.05, 4.69) is 0 Å². The van der Waals surface area contributed by atoms with Crippen LogP contribution in [0.25, 0.3) is 6.08 Å². The first-order valence-electron chi connectivity index (χ1n) is 13.3. The van der Waals surface area contributed by atoms with Crippen LogP contribution >= 0.6 is 0 Å². The summed E-state index contributed by atoms with van der Waals surface area (Å²) >= 11 is 0. The molecule has 2 heterocycles. The monoisotopic (exact) mass is 551 g/mol. The molecule has 0 radical (unpaired) electrons. The fourth-order valence-electron chi connectivity index (χ4n) is 4.66. The van der Waals surface area contributed by atoms with Crippen molar-refractivity contribution in [3.63, 3.8) is 0 Å². The molecule has 214 valence electrons. The number of carbonyl (C=O) groups is 2. The van der Waals surface area contributed by atoms with Crippen molar-refractivity contribution in [1.82, 2.24) is 0 Å². The molecule has 2 aromatic rings. The minimum Gasteiger partial charge on any atom is -0.467 e. The fraction of sp³-hybridized carbons (Fsp3) is 0.419. The molecule has 0 bridgehead atoms. The number of hydrogen-bond donors (Lipinski definition) is 1. The number of rotatable bonds is 5. The lowest BCUT2D eigenvalue weighted by Gasteiger charge is -2.25. The number of fused-ring (bicyclic) bond motifs is 2. The van der Waals surface area contributed by atoms with Gasteiger partial charge in [-0.25, -0.2) is 9.59 Å². The highest BCUT2D eigenvalue weighted by molar-refractivity contribution is 5.97. The van der Waals surface area contributed by atoms with E-state index in [1.165, 1.54) is 7.11 Å². The SMILES string of the molecule is COCOc1cc(N)cc2c1C(=O)O[C@@H](C)[C@H](C)C=CC(OC(=O)c1ccccc1)C1OC(C)(C)O[C@H]1CC=C2. The number of benzene rings is 2. The van der Waals surface area contributed by atoms with Gasteiger partial charge in [-0.2, -0.15) is 0 Å². The third-order valence-electron chi connectivity index (χ3n) is 6.79. The summed E-state index contributed by atoms with van der Waals surface area (Å²) in [6.07, 6.45) is 5.40. The van der Waals surface area contributed by atoms with E-state index in [0.29, 0.717) is 23.2 Å². The molecular weight excluding hydrogens is 514 g/mol. The Morgan fingerprint density at radius 1 is 1.10 bits per heavy atom. The van der Waals surface area contributed by atoms with Crippen LogP contribution in [0, 0.1) is 5.92 Å². The Kier molecular flexibility index (Phi) is 9.29. The van der Waals surface area contributed by atoms with Gasteiger partial charge in [0, 0.05) is 24.8 Å². The number of methoxy groups -OCH3 is 1. The van der Waals surface area contributed by atoms with Crippen molar-refractivity contribution in [1.29, 1.82) is 0 Å². The molecule has 2 aliphatic rings. The number of nitrogens with two attached hydrogens (primary N) is 1. The van der Waals surface area contributed by atoms with Gasteiger partial charge < -0.3 is 34.2 Å². The highest BCUT2D eigenvalue weighted by Gasteiger charge is 2.45. The number of cyclic esters (lactones) is 1. The van der Waals surface area contributed by atoms with Gasteiger partial charge in [-0.3, -0.25) is 0 Å². The van der Waals surface area contributed by atoms with Gasteiger partial charge in [-0.15, -0.1) is 0 Å². The zero-order valence-electron chi connectivity index (χ0n) is 23.5. The highest BCUT2D eigenvalue weighted by Crippen LogP contribution is 2.35. The van der Waals surface area contributed by atoms with Crippen molar-refractivity contribution < 1.29 is 38.0 Å². The normalized spacial score (nSPS) is 26.2. The van der Waals surface area contributed by atoms with Crippen molar-refractivity contribution in [2.45, 2.75) is 64.3 Å². The average molecular weight is 552 g/mol. The largest absolute Gasteiger partial charge is 0.467 e. The quantitative estimate of drug-likeness (QED) is 0.233. The van der Waals surface area contributed by atoms with Crippen molar-refractivity contribution in [2.75, 3.05) is 19.6 Å². The molecule has 0 aliphatic carbocycles.